The third kappa shape index (κ3) is 1.20. The molecule has 0 aliphatic heterocycles. The second-order valence-corrected chi connectivity index (χ2v) is 3.88. The van der Waals surface area contributed by atoms with Crippen LogP contribution in [0.25, 0.3) is 5.52 Å². The average Bonchev–Trinajstić information content (AvgIpc) is 2.36. The number of nitrogens with zero attached hydrogens (tertiary/aromatic N) is 2. The topological polar surface area (TPSA) is 17.3 Å². The van der Waals surface area contributed by atoms with Crippen LogP contribution in [0.2, 0.25) is 0 Å². The van der Waals surface area contributed by atoms with Gasteiger partial charge < -0.3 is 0 Å². The first kappa shape index (κ1) is 7.31. The molecule has 2 heterocycles. The van der Waals surface area contributed by atoms with Gasteiger partial charge in [0, 0.05) is 16.9 Å². The number of rotatable bonds is 0. The molecule has 0 saturated carbocycles. The molecule has 0 saturated heterocycles. The van der Waals surface area contributed by atoms with Gasteiger partial charge in [0.05, 0.1) is 9.99 Å². The maximum absolute atomic E-state index is 4.09. The minimum atomic E-state index is 1.01. The molecule has 2 rings (SSSR count). The van der Waals surface area contributed by atoms with Crippen LogP contribution in [0.3, 0.4) is 0 Å². The summed E-state index contributed by atoms with van der Waals surface area (Å²) < 4.78 is 3.87. The molecule has 0 aliphatic rings. The Morgan fingerprint density at radius 1 is 1.27 bits per heavy atom. The molecule has 0 spiro atoms. The Morgan fingerprint density at radius 3 is 2.91 bits per heavy atom. The standard InChI is InChI=1S/C7H4Br2N2/c8-6-3-5-1-2-10-11(5)4-7(6)9/h1-4H. The fourth-order valence-electron chi connectivity index (χ4n) is 0.914. The Hall–Kier alpha value is -0.350. The summed E-state index contributed by atoms with van der Waals surface area (Å²) in [5, 5.41) is 4.09. The first-order valence-corrected chi connectivity index (χ1v) is 4.64. The molecule has 2 aromatic heterocycles. The Labute approximate surface area is 80.5 Å². The van der Waals surface area contributed by atoms with Crippen LogP contribution in [0.15, 0.2) is 33.5 Å². The summed E-state index contributed by atoms with van der Waals surface area (Å²) in [5.74, 6) is 0. The van der Waals surface area contributed by atoms with E-state index in [4.69, 9.17) is 0 Å². The van der Waals surface area contributed by atoms with Gasteiger partial charge in [0.25, 0.3) is 0 Å². The number of pyridine rings is 1. The van der Waals surface area contributed by atoms with Gasteiger partial charge >= 0.3 is 0 Å². The first-order chi connectivity index (χ1) is 5.27. The molecular weight excluding hydrogens is 272 g/mol. The SMILES string of the molecule is Brc1cc2ccnn2cc1Br. The monoisotopic (exact) mass is 274 g/mol. The number of halogens is 2. The van der Waals surface area contributed by atoms with Crippen molar-refractivity contribution in [2.45, 2.75) is 0 Å². The molecule has 0 unspecified atom stereocenters. The van der Waals surface area contributed by atoms with Crippen molar-refractivity contribution in [2.24, 2.45) is 0 Å². The maximum atomic E-state index is 4.09. The van der Waals surface area contributed by atoms with Crippen LogP contribution in [0.4, 0.5) is 0 Å². The fourth-order valence-corrected chi connectivity index (χ4v) is 1.56. The third-order valence-electron chi connectivity index (χ3n) is 1.44. The van der Waals surface area contributed by atoms with Crippen LogP contribution < -0.4 is 0 Å². The lowest BCUT2D eigenvalue weighted by Crippen LogP contribution is -1.85. The zero-order valence-corrected chi connectivity index (χ0v) is 8.63. The van der Waals surface area contributed by atoms with Crippen LogP contribution in [0.1, 0.15) is 0 Å². The van der Waals surface area contributed by atoms with E-state index in [9.17, 15) is 0 Å². The number of fused-ring (bicyclic) bond motifs is 1. The van der Waals surface area contributed by atoms with Crippen molar-refractivity contribution in [1.29, 1.82) is 0 Å². The largest absolute Gasteiger partial charge is 0.240 e. The zero-order valence-electron chi connectivity index (χ0n) is 5.46. The molecule has 0 aliphatic carbocycles. The van der Waals surface area contributed by atoms with E-state index in [1.165, 1.54) is 0 Å². The van der Waals surface area contributed by atoms with E-state index in [-0.39, 0.29) is 0 Å². The molecule has 56 valence electrons. The molecule has 2 aromatic rings. The third-order valence-corrected chi connectivity index (χ3v) is 3.26. The number of aromatic nitrogens is 2. The van der Waals surface area contributed by atoms with E-state index < -0.39 is 0 Å². The highest BCUT2D eigenvalue weighted by Gasteiger charge is 1.98. The van der Waals surface area contributed by atoms with Crippen LogP contribution in [-0.4, -0.2) is 9.61 Å². The van der Waals surface area contributed by atoms with Crippen molar-refractivity contribution >= 4 is 37.4 Å². The summed E-state index contributed by atoms with van der Waals surface area (Å²) in [4.78, 5) is 0. The van der Waals surface area contributed by atoms with Gasteiger partial charge in [0.1, 0.15) is 0 Å². The second-order valence-electron chi connectivity index (χ2n) is 2.17. The second kappa shape index (κ2) is 2.60. The minimum absolute atomic E-state index is 1.01. The van der Waals surface area contributed by atoms with Gasteiger partial charge in [0.15, 0.2) is 0 Å². The number of hydrogen-bond donors (Lipinski definition) is 0. The molecule has 2 nitrogen and oxygen atoms in total. The normalized spacial score (nSPS) is 10.7. The van der Waals surface area contributed by atoms with E-state index in [0.717, 1.165) is 14.5 Å². The van der Waals surface area contributed by atoms with Crippen molar-refractivity contribution in [2.75, 3.05) is 0 Å². The highest BCUT2D eigenvalue weighted by atomic mass is 79.9. The van der Waals surface area contributed by atoms with Crippen LogP contribution >= 0.6 is 31.9 Å². The molecule has 4 heteroatoms. The Balaban J connectivity index is 2.86. The maximum Gasteiger partial charge on any atom is 0.0673 e. The Morgan fingerprint density at radius 2 is 2.09 bits per heavy atom. The van der Waals surface area contributed by atoms with E-state index >= 15 is 0 Å². The fraction of sp³-hybridized carbons (Fsp3) is 0. The van der Waals surface area contributed by atoms with Gasteiger partial charge in [-0.2, -0.15) is 5.10 Å². The van der Waals surface area contributed by atoms with Gasteiger partial charge in [-0.05, 0) is 44.0 Å². The molecule has 0 N–H and O–H groups in total. The van der Waals surface area contributed by atoms with Crippen LogP contribution in [0, 0.1) is 0 Å². The average molecular weight is 276 g/mol. The van der Waals surface area contributed by atoms with Gasteiger partial charge in [-0.15, -0.1) is 0 Å². The summed E-state index contributed by atoms with van der Waals surface area (Å²) in [7, 11) is 0. The first-order valence-electron chi connectivity index (χ1n) is 3.06. The molecule has 0 bridgehead atoms. The molecule has 0 atom stereocenters. The zero-order chi connectivity index (χ0) is 7.84. The predicted molar refractivity (Wildman–Crippen MR) is 50.6 cm³/mol. The van der Waals surface area contributed by atoms with Gasteiger partial charge in [-0.25, -0.2) is 4.52 Å². The van der Waals surface area contributed by atoms with E-state index in [2.05, 4.69) is 37.0 Å². The molecular formula is C7H4Br2N2. The summed E-state index contributed by atoms with van der Waals surface area (Å²) in [6, 6.07) is 3.97. The summed E-state index contributed by atoms with van der Waals surface area (Å²) in [6.45, 7) is 0. The smallest absolute Gasteiger partial charge is 0.0673 e. The lowest BCUT2D eigenvalue weighted by Gasteiger charge is -1.96. The van der Waals surface area contributed by atoms with Gasteiger partial charge in [-0.3, -0.25) is 0 Å². The molecule has 11 heavy (non-hydrogen) atoms. The Kier molecular flexibility index (Phi) is 1.73. The lowest BCUT2D eigenvalue weighted by atomic mass is 10.4. The predicted octanol–water partition coefficient (Wildman–Crippen LogP) is 2.86. The van der Waals surface area contributed by atoms with E-state index in [1.807, 2.05) is 22.8 Å². The lowest BCUT2D eigenvalue weighted by molar-refractivity contribution is 0.954. The molecule has 0 amide bonds. The van der Waals surface area contributed by atoms with Crippen LogP contribution in [0.5, 0.6) is 0 Å². The Bertz CT molecular complexity index is 358. The van der Waals surface area contributed by atoms with Gasteiger partial charge in [-0.1, -0.05) is 0 Å². The minimum Gasteiger partial charge on any atom is -0.240 e. The quantitative estimate of drug-likeness (QED) is 0.723. The van der Waals surface area contributed by atoms with Gasteiger partial charge in [0.2, 0.25) is 0 Å². The van der Waals surface area contributed by atoms with Crippen LogP contribution in [-0.2, 0) is 0 Å². The molecule has 0 fully saturated rings. The summed E-state index contributed by atoms with van der Waals surface area (Å²) in [6.07, 6.45) is 3.69. The van der Waals surface area contributed by atoms with E-state index in [1.54, 1.807) is 6.20 Å². The summed E-state index contributed by atoms with van der Waals surface area (Å²) in [5.41, 5.74) is 1.08. The van der Waals surface area contributed by atoms with Crippen molar-refractivity contribution in [3.63, 3.8) is 0 Å². The van der Waals surface area contributed by atoms with E-state index in [0.29, 0.717) is 0 Å². The molecule has 0 aromatic carbocycles. The van der Waals surface area contributed by atoms with Crippen molar-refractivity contribution < 1.29 is 0 Å². The highest BCUT2D eigenvalue weighted by Crippen LogP contribution is 2.23. The van der Waals surface area contributed by atoms with Crippen molar-refractivity contribution in [1.82, 2.24) is 9.61 Å². The van der Waals surface area contributed by atoms with Crippen molar-refractivity contribution in [3.8, 4) is 0 Å². The number of hydrogen-bond acceptors (Lipinski definition) is 1. The molecule has 0 radical (unpaired) electrons. The highest BCUT2D eigenvalue weighted by molar-refractivity contribution is 9.13. The summed E-state index contributed by atoms with van der Waals surface area (Å²) >= 11 is 6.81. The van der Waals surface area contributed by atoms with Crippen molar-refractivity contribution in [3.05, 3.63) is 33.5 Å².